The molecule has 5 fully saturated rings. The number of anilines is 4. The van der Waals surface area contributed by atoms with E-state index in [1.54, 1.807) is 148 Å². The summed E-state index contributed by atoms with van der Waals surface area (Å²) in [4.78, 5) is 77.9. The first-order chi connectivity index (χ1) is 61.7. The Bertz CT molecular complexity index is 5650. The molecule has 5 aliphatic rings. The van der Waals surface area contributed by atoms with E-state index in [0.717, 1.165) is 163 Å². The fourth-order valence-electron chi connectivity index (χ4n) is 13.9. The maximum absolute atomic E-state index is 13.0. The molecule has 0 spiro atoms. The van der Waals surface area contributed by atoms with Crippen LogP contribution in [-0.2, 0) is 122 Å². The Kier molecular flexibility index (Phi) is 64.0. The topological polar surface area (TPSA) is 291 Å². The molecule has 0 aliphatic carbocycles. The summed E-state index contributed by atoms with van der Waals surface area (Å²) in [6, 6.07) is 35.0. The molecule has 5 aliphatic heterocycles. The summed E-state index contributed by atoms with van der Waals surface area (Å²) < 4.78 is 75.2. The number of aromatic nitrogens is 10. The summed E-state index contributed by atoms with van der Waals surface area (Å²) in [5, 5.41) is 17.1. The van der Waals surface area contributed by atoms with Crippen LogP contribution in [0.3, 0.4) is 0 Å². The number of nitrogens with zero attached hydrogens (tertiary/aromatic N) is 18. The van der Waals surface area contributed by atoms with Gasteiger partial charge in [0.1, 0.15) is 39.6 Å². The van der Waals surface area contributed by atoms with Crippen LogP contribution in [0.2, 0.25) is 5.15 Å². The number of benzene rings is 2. The molecule has 10 aromatic heterocycles. The van der Waals surface area contributed by atoms with Crippen molar-refractivity contribution in [2.75, 3.05) is 186 Å². The van der Waals surface area contributed by atoms with Crippen molar-refractivity contribution in [3.8, 4) is 5.88 Å². The molecule has 0 bridgehead atoms. The second kappa shape index (κ2) is 66.1. The van der Waals surface area contributed by atoms with Gasteiger partial charge in [-0.3, -0.25) is 14.4 Å². The maximum atomic E-state index is 13.0. The molecule has 736 valence electrons. The van der Waals surface area contributed by atoms with Gasteiger partial charge in [0.2, 0.25) is 0 Å². The van der Waals surface area contributed by atoms with Gasteiger partial charge in [-0.15, -0.1) is 0 Å². The second-order valence-corrected chi connectivity index (χ2v) is 49.9. The number of ether oxygens (including phenoxy) is 2. The summed E-state index contributed by atoms with van der Waals surface area (Å²) in [7, 11) is 3.98. The first kappa shape index (κ1) is 131. The van der Waals surface area contributed by atoms with Gasteiger partial charge >= 0.3 is 19.9 Å². The Balaban J connectivity index is 0.000000798. The van der Waals surface area contributed by atoms with Gasteiger partial charge in [-0.2, -0.15) is 6.92 Å². The van der Waals surface area contributed by atoms with Gasteiger partial charge in [-0.05, 0) is 156 Å². The Morgan fingerprint density at radius 3 is 1.17 bits per heavy atom. The van der Waals surface area contributed by atoms with Gasteiger partial charge in [0, 0.05) is 312 Å². The predicted molar refractivity (Wildman–Crippen MR) is 594 cm³/mol. The van der Waals surface area contributed by atoms with Crippen LogP contribution in [0.4, 0.5) is 32.9 Å². The van der Waals surface area contributed by atoms with Gasteiger partial charge in [-0.1, -0.05) is 116 Å². The number of hydrogen-bond acceptors (Lipinski definition) is 25. The second-order valence-electron chi connectivity index (χ2n) is 31.4. The molecule has 12 aromatic rings. The Labute approximate surface area is 959 Å². The number of piperazine rings is 5. The fourth-order valence-corrected chi connectivity index (χ4v) is 16.9. The van der Waals surface area contributed by atoms with E-state index < -0.39 is 37.3 Å². The SMILES string of the molecule is CN1CCN(c2nccc3[nH]ccc23)CC1.CN1CCN(c2nccc3c2cc(O[B]O)n3C(=O)OC(C)(C)C)CC1.CN1CCN(c2nccc3c2ccn3C(=O)OC(C)(C)C)CC1.CN1CCN(c2nccc3c2ccn3S(=O)(=O)c2ccccc2)CC1.CN1CCNCC1.IC(I)I.I[CH-]I.O=S(=O)(c1ccccc1)n1ccc2c(Cl)nccc21.[CH2-]C.[CH2-]I.[CH2-]I.[CH3-].[V].[V].[V].[V].[V]. The molecule has 46 heteroatoms. The van der Waals surface area contributed by atoms with Crippen LogP contribution in [-0.4, -0.2) is 290 Å². The van der Waals surface area contributed by atoms with Gasteiger partial charge < -0.3 is 178 Å². The average molecular weight is 2880 g/mol. The molecule has 135 heavy (non-hydrogen) atoms. The Morgan fingerprint density at radius 1 is 0.459 bits per heavy atom. The van der Waals surface area contributed by atoms with Crippen molar-refractivity contribution in [2.45, 2.75) is 69.4 Å². The number of rotatable bonds is 10. The number of hydrogen-bond donors (Lipinski definition) is 3. The van der Waals surface area contributed by atoms with Gasteiger partial charge in [-0.25, -0.2) is 66.3 Å². The third-order valence-corrected chi connectivity index (χ3v) is 24.0. The number of fused-ring (bicyclic) bond motifs is 5. The Morgan fingerprint density at radius 2 is 0.785 bits per heavy atom. The molecular formula is C89H119BClI7N20O10S2V5-5. The van der Waals surface area contributed by atoms with Crippen LogP contribution in [0.1, 0.15) is 48.5 Å². The molecular weight excluding hydrogens is 2760 g/mol. The third kappa shape index (κ3) is 39.3. The number of H-pyrrole nitrogens is 1. The number of aromatic amines is 1. The van der Waals surface area contributed by atoms with Crippen LogP contribution < -0.4 is 29.6 Å². The zero-order chi connectivity index (χ0) is 94.8. The van der Waals surface area contributed by atoms with E-state index in [0.29, 0.717) is 34.8 Å². The van der Waals surface area contributed by atoms with E-state index in [9.17, 15) is 26.4 Å². The van der Waals surface area contributed by atoms with Crippen LogP contribution >= 0.6 is 170 Å². The van der Waals surface area contributed by atoms with Crippen molar-refractivity contribution >= 4 is 287 Å². The third-order valence-electron chi connectivity index (χ3n) is 20.3. The Hall–Kier alpha value is -2.16. The largest absolute Gasteiger partial charge is 0.570 e. The van der Waals surface area contributed by atoms with Gasteiger partial charge in [0.25, 0.3) is 20.0 Å². The number of pyridine rings is 5. The standard InChI is InChI=1S/C18H20N4O2S.C17H24BN4O4.C17H24N4O2.C13H9ClN2O2S.C12H16N4.C5H12N2.C2H5.CHI3.CHI2.2CH2I.CH3.5V/c1-20-11-13-21(14-12-20)18-16-8-10-22(17(16)7-9-19-18)25(23,24)15-5-3-2-4-6-15;1-17(2,3)25-16(23)22-13-5-6-19-15(12(13)11-14(22)26-18-24)21-9-7-20(4)8-10-21;1-17(2,3)23-16(22)21-8-6-13-14(21)5-7-18-15(13)20-11-9-19(4)10-12-20;14-13-11-7-9-16(12(11)6-8-15-13)19(17,18)10-4-2-1-3-5-10;1-15-6-8-16(9-7-15)12-10-2-4-13-11(10)3-5-14-12;1-7-4-2-6-3-5-7;1-2;2-1(3)4;2-1-3;2*1-2;;;;;;/h2-10H,11-14H2,1H3;5-6,11,24H,7-10H2,1-4H3;5-8H,9-12H2,1-4H3;1-9H;2-5,13H,6-9H2,1H3;6H,2-5H2,1H3;1H2,2H3;1H;1H;2*1H2;1H3;;;;;/q;;;;;;-1;;4*-1;;;;;. The van der Waals surface area contributed by atoms with Gasteiger partial charge in [0.05, 0.1) is 37.4 Å². The van der Waals surface area contributed by atoms with Crippen LogP contribution in [0, 0.1) is 26.6 Å². The number of nitrogens with one attached hydrogen (secondary N) is 2. The average Bonchev–Trinajstić information content (AvgIpc) is 1.64. The monoisotopic (exact) mass is 2880 g/mol. The molecule has 0 unspecified atom stereocenters. The number of alkyl halides is 3. The van der Waals surface area contributed by atoms with E-state index in [-0.39, 0.29) is 122 Å². The minimum absolute atomic E-state index is 0. The normalized spacial score (nSPS) is 14.6. The van der Waals surface area contributed by atoms with Gasteiger partial charge in [0.15, 0.2) is 5.88 Å². The zero-order valence-corrected chi connectivity index (χ0v) is 102. The van der Waals surface area contributed by atoms with Crippen molar-refractivity contribution < 1.29 is 138 Å². The van der Waals surface area contributed by atoms with Crippen molar-refractivity contribution in [2.24, 2.45) is 0 Å². The first-order valence-corrected chi connectivity index (χ1v) is 53.7. The minimum atomic E-state index is -3.62. The van der Waals surface area contributed by atoms with E-state index >= 15 is 0 Å². The smallest absolute Gasteiger partial charge is 0.524 e. The molecule has 17 rings (SSSR count). The van der Waals surface area contributed by atoms with Crippen LogP contribution in [0.25, 0.3) is 54.5 Å². The van der Waals surface area contributed by atoms with Crippen molar-refractivity contribution in [3.05, 3.63) is 209 Å². The quantitative estimate of drug-likeness (QED) is 0.0377. The van der Waals surface area contributed by atoms with Crippen molar-refractivity contribution in [3.63, 3.8) is 0 Å². The number of carbonyl (C=O) groups is 2. The summed E-state index contributed by atoms with van der Waals surface area (Å²) in [6.45, 7) is 36.3. The number of carbonyl (C=O) groups excluding carboxylic acids is 2. The van der Waals surface area contributed by atoms with E-state index in [1.165, 1.54) is 48.9 Å². The molecule has 0 saturated carbocycles. The molecule has 30 nitrogen and oxygen atoms in total. The fraction of sp³-hybridized carbons (Fsp3) is 0.393. The molecule has 0 amide bonds. The summed E-state index contributed by atoms with van der Waals surface area (Å²) in [6.07, 6.45) is 14.4. The van der Waals surface area contributed by atoms with Crippen LogP contribution in [0.5, 0.6) is 5.88 Å². The van der Waals surface area contributed by atoms with Crippen molar-refractivity contribution in [1.82, 2.24) is 76.8 Å². The first-order valence-electron chi connectivity index (χ1n) is 41.2. The number of halogens is 8. The molecule has 6 radical (unpaired) electrons. The molecule has 0 atom stereocenters. The molecule has 2 aromatic carbocycles. The molecule has 5 saturated heterocycles. The summed E-state index contributed by atoms with van der Waals surface area (Å²) in [5.74, 6) is 3.89. The molecule has 3 N–H and O–H groups in total. The summed E-state index contributed by atoms with van der Waals surface area (Å²) >= 11 is 21.0. The van der Waals surface area contributed by atoms with E-state index in [4.69, 9.17) is 30.8 Å². The van der Waals surface area contributed by atoms with E-state index in [1.807, 2.05) is 111 Å². The van der Waals surface area contributed by atoms with Crippen LogP contribution in [0.15, 0.2) is 187 Å². The van der Waals surface area contributed by atoms with E-state index in [2.05, 4.69) is 250 Å². The maximum Gasteiger partial charge on any atom is 0.570 e. The minimum Gasteiger partial charge on any atom is -0.524 e. The van der Waals surface area contributed by atoms with Crippen molar-refractivity contribution in [1.29, 1.82) is 0 Å². The summed E-state index contributed by atoms with van der Waals surface area (Å²) in [5.41, 5.74) is 2.64. The predicted octanol–water partition coefficient (Wildman–Crippen LogP) is 18.1. The zero-order valence-electron chi connectivity index (χ0n) is 78.0. The molecule has 15 heterocycles. The number of likely N-dealkylation sites (N-methyl/N-ethyl adjacent to an activating group) is 5.